The number of halogens is 4. The number of aryl methyl sites for hydroxylation is 1. The monoisotopic (exact) mass is 375 g/mol. The minimum absolute atomic E-state index is 0.000995. The third-order valence-corrected chi connectivity index (χ3v) is 4.40. The number of fused-ring (bicyclic) bond motifs is 3. The van der Waals surface area contributed by atoms with Gasteiger partial charge in [-0.1, -0.05) is 12.1 Å². The van der Waals surface area contributed by atoms with Gasteiger partial charge in [-0.15, -0.1) is 0 Å². The molecular weight excluding hydrogens is 362 g/mol. The lowest BCUT2D eigenvalue weighted by Crippen LogP contribution is -2.20. The van der Waals surface area contributed by atoms with Crippen molar-refractivity contribution in [2.45, 2.75) is 19.6 Å². The lowest BCUT2D eigenvalue weighted by atomic mass is 9.97. The van der Waals surface area contributed by atoms with Crippen molar-refractivity contribution in [2.24, 2.45) is 0 Å². The Kier molecular flexibility index (Phi) is 3.80. The smallest absolute Gasteiger partial charge is 0.416 e. The molecular formula is C19H13F4N3O. The molecule has 0 radical (unpaired) electrons. The van der Waals surface area contributed by atoms with Crippen LogP contribution < -0.4 is 0 Å². The van der Waals surface area contributed by atoms with Crippen molar-refractivity contribution in [3.63, 3.8) is 0 Å². The number of aromatic nitrogens is 2. The molecule has 0 aliphatic carbocycles. The van der Waals surface area contributed by atoms with Gasteiger partial charge in [0.2, 0.25) is 12.3 Å². The fourth-order valence-electron chi connectivity index (χ4n) is 3.25. The largest absolute Gasteiger partial charge is 0.623 e. The van der Waals surface area contributed by atoms with Crippen LogP contribution in [0.2, 0.25) is 0 Å². The van der Waals surface area contributed by atoms with Crippen molar-refractivity contribution in [3.05, 3.63) is 87.9 Å². The van der Waals surface area contributed by atoms with Gasteiger partial charge < -0.3 is 5.21 Å². The standard InChI is InChI=1S/C19H13F4N3O/c1-11-9-25-16-7-6-12(19(21,22)23)8-14(16)18(26(27)10-17(25)24-11)13-4-2-3-5-15(13)20/h2-9H,10H2,1H3. The summed E-state index contributed by atoms with van der Waals surface area (Å²) in [5.74, 6) is -0.317. The topological polar surface area (TPSA) is 43.9 Å². The highest BCUT2D eigenvalue weighted by Gasteiger charge is 2.35. The number of imidazole rings is 1. The van der Waals surface area contributed by atoms with Crippen molar-refractivity contribution in [1.82, 2.24) is 9.55 Å². The number of hydrogen-bond acceptors (Lipinski definition) is 2. The van der Waals surface area contributed by atoms with E-state index in [9.17, 15) is 22.8 Å². The predicted octanol–water partition coefficient (Wildman–Crippen LogP) is 4.20. The Hall–Kier alpha value is -3.16. The number of nitrogens with zero attached hydrogens (tertiary/aromatic N) is 3. The van der Waals surface area contributed by atoms with E-state index in [4.69, 9.17) is 0 Å². The first kappa shape index (κ1) is 17.3. The van der Waals surface area contributed by atoms with E-state index in [1.807, 2.05) is 0 Å². The molecule has 1 aliphatic rings. The number of benzene rings is 2. The normalized spacial score (nSPS) is 14.0. The minimum Gasteiger partial charge on any atom is -0.623 e. The van der Waals surface area contributed by atoms with Crippen LogP contribution in [0, 0.1) is 17.9 Å². The maximum absolute atomic E-state index is 14.4. The van der Waals surface area contributed by atoms with Gasteiger partial charge in [-0.3, -0.25) is 4.57 Å². The molecule has 0 N–H and O–H groups in total. The van der Waals surface area contributed by atoms with Crippen molar-refractivity contribution in [1.29, 1.82) is 0 Å². The Bertz CT molecular complexity index is 1080. The third kappa shape index (κ3) is 2.87. The van der Waals surface area contributed by atoms with Crippen LogP contribution in [0.3, 0.4) is 0 Å². The average Bonchev–Trinajstić information content (AvgIpc) is 2.91. The molecule has 2 heterocycles. The third-order valence-electron chi connectivity index (χ3n) is 4.40. The molecule has 1 aliphatic heterocycles. The second-order valence-corrected chi connectivity index (χ2v) is 6.26. The van der Waals surface area contributed by atoms with E-state index in [1.165, 1.54) is 24.3 Å². The van der Waals surface area contributed by atoms with Crippen LogP contribution in [0.1, 0.15) is 28.2 Å². The number of rotatable bonds is 1. The maximum atomic E-state index is 14.4. The fraction of sp³-hybridized carbons (Fsp3) is 0.158. The summed E-state index contributed by atoms with van der Waals surface area (Å²) in [7, 11) is 0. The van der Waals surface area contributed by atoms with Gasteiger partial charge >= 0.3 is 6.18 Å². The lowest BCUT2D eigenvalue weighted by Gasteiger charge is -2.14. The van der Waals surface area contributed by atoms with Crippen molar-refractivity contribution >= 4 is 5.71 Å². The number of alkyl halides is 3. The van der Waals surface area contributed by atoms with E-state index in [1.54, 1.807) is 17.7 Å². The summed E-state index contributed by atoms with van der Waals surface area (Å²) in [6, 6.07) is 8.62. The number of hydrogen-bond donors (Lipinski definition) is 0. The highest BCUT2D eigenvalue weighted by Crippen LogP contribution is 2.34. The first-order valence-corrected chi connectivity index (χ1v) is 8.09. The molecule has 1 aromatic heterocycles. The van der Waals surface area contributed by atoms with Gasteiger partial charge in [-0.05, 0) is 37.3 Å². The highest BCUT2D eigenvalue weighted by molar-refractivity contribution is 6.12. The first-order valence-electron chi connectivity index (χ1n) is 8.09. The van der Waals surface area contributed by atoms with Crippen LogP contribution in [0.15, 0.2) is 48.7 Å². The Morgan fingerprint density at radius 3 is 2.56 bits per heavy atom. The summed E-state index contributed by atoms with van der Waals surface area (Å²) in [6.07, 6.45) is -2.96. The van der Waals surface area contributed by atoms with E-state index in [-0.39, 0.29) is 23.4 Å². The average molecular weight is 375 g/mol. The second-order valence-electron chi connectivity index (χ2n) is 6.26. The molecule has 4 nitrogen and oxygen atoms in total. The summed E-state index contributed by atoms with van der Waals surface area (Å²) < 4.78 is 56.3. The number of hydroxylamine groups is 1. The molecule has 4 rings (SSSR count). The summed E-state index contributed by atoms with van der Waals surface area (Å²) in [5.41, 5.74) is -0.161. The van der Waals surface area contributed by atoms with Crippen LogP contribution in [-0.2, 0) is 12.7 Å². The lowest BCUT2D eigenvalue weighted by molar-refractivity contribution is -0.475. The van der Waals surface area contributed by atoms with Gasteiger partial charge in [0, 0.05) is 6.20 Å². The van der Waals surface area contributed by atoms with Gasteiger partial charge in [-0.25, -0.2) is 9.37 Å². The van der Waals surface area contributed by atoms with Gasteiger partial charge in [0.1, 0.15) is 5.82 Å². The molecule has 0 bridgehead atoms. The van der Waals surface area contributed by atoms with E-state index in [0.717, 1.165) is 18.2 Å². The molecule has 27 heavy (non-hydrogen) atoms. The van der Waals surface area contributed by atoms with E-state index >= 15 is 0 Å². The molecule has 2 aromatic carbocycles. The molecule has 3 aromatic rings. The summed E-state index contributed by atoms with van der Waals surface area (Å²) in [5, 5.41) is 12.8. The zero-order valence-corrected chi connectivity index (χ0v) is 14.1. The zero-order valence-electron chi connectivity index (χ0n) is 14.1. The molecule has 138 valence electrons. The van der Waals surface area contributed by atoms with E-state index in [0.29, 0.717) is 21.9 Å². The highest BCUT2D eigenvalue weighted by atomic mass is 19.4. The molecule has 0 saturated carbocycles. The summed E-state index contributed by atoms with van der Waals surface area (Å²) in [6.45, 7) is 1.51. The van der Waals surface area contributed by atoms with Crippen LogP contribution >= 0.6 is 0 Å². The molecule has 0 spiro atoms. The van der Waals surface area contributed by atoms with Gasteiger partial charge in [0.25, 0.3) is 0 Å². The van der Waals surface area contributed by atoms with Crippen molar-refractivity contribution in [2.75, 3.05) is 0 Å². The molecule has 0 amide bonds. The Labute approximate surface area is 151 Å². The van der Waals surface area contributed by atoms with Crippen molar-refractivity contribution in [3.8, 4) is 5.69 Å². The molecule has 0 unspecified atom stereocenters. The van der Waals surface area contributed by atoms with Crippen LogP contribution in [-0.4, -0.2) is 20.0 Å². The second kappa shape index (κ2) is 5.94. The van der Waals surface area contributed by atoms with Crippen LogP contribution in [0.5, 0.6) is 0 Å². The van der Waals surface area contributed by atoms with Gasteiger partial charge in [0.05, 0.1) is 28.1 Å². The molecule has 0 fully saturated rings. The van der Waals surface area contributed by atoms with E-state index < -0.39 is 17.6 Å². The van der Waals surface area contributed by atoms with Crippen LogP contribution in [0.25, 0.3) is 5.69 Å². The van der Waals surface area contributed by atoms with Crippen molar-refractivity contribution < 1.29 is 22.3 Å². The first-order chi connectivity index (χ1) is 12.8. The Balaban J connectivity index is 2.07. The quantitative estimate of drug-likeness (QED) is 0.364. The Morgan fingerprint density at radius 2 is 1.85 bits per heavy atom. The van der Waals surface area contributed by atoms with Gasteiger partial charge in [0.15, 0.2) is 5.82 Å². The van der Waals surface area contributed by atoms with E-state index in [2.05, 4.69) is 4.98 Å². The summed E-state index contributed by atoms with van der Waals surface area (Å²) >= 11 is 0. The summed E-state index contributed by atoms with van der Waals surface area (Å²) in [4.78, 5) is 4.27. The molecule has 0 saturated heterocycles. The zero-order chi connectivity index (χ0) is 19.3. The molecule has 8 heteroatoms. The fourth-order valence-corrected chi connectivity index (χ4v) is 3.25. The minimum atomic E-state index is -4.59. The SMILES string of the molecule is Cc1cn2c(n1)C[N+]([O-])=C(c1ccccc1F)c1cc(C(F)(F)F)ccc1-2. The predicted molar refractivity (Wildman–Crippen MR) is 90.2 cm³/mol. The molecule has 0 atom stereocenters. The van der Waals surface area contributed by atoms with Crippen LogP contribution in [0.4, 0.5) is 17.6 Å². The van der Waals surface area contributed by atoms with Gasteiger partial charge in [-0.2, -0.15) is 17.9 Å². The Morgan fingerprint density at radius 1 is 1.11 bits per heavy atom. The maximum Gasteiger partial charge on any atom is 0.416 e.